The molecular formula is C21H40O5S. The molecule has 0 unspecified atom stereocenters. The molecule has 1 rings (SSSR count). The van der Waals surface area contributed by atoms with E-state index < -0.39 is 31.0 Å². The number of unbranched alkanes of at least 4 members (excludes halogenated alkanes) is 11. The molecule has 5 nitrogen and oxygen atoms in total. The maximum Gasteiger partial charge on any atom is 0.160 e. The Morgan fingerprint density at radius 2 is 1.52 bits per heavy atom. The first-order valence-corrected chi connectivity index (χ1v) is 11.3. The van der Waals surface area contributed by atoms with Gasteiger partial charge < -0.3 is 24.8 Å². The largest absolute Gasteiger partial charge is 0.479 e. The number of hydrogen-bond donors (Lipinski definition) is 3. The molecule has 3 N–H and O–H groups in total. The Morgan fingerprint density at radius 1 is 1.00 bits per heavy atom. The van der Waals surface area contributed by atoms with Gasteiger partial charge in [-0.3, -0.25) is 0 Å². The number of thiocarbonyl (C=S) groups is 1. The maximum atomic E-state index is 10.1. The Bertz CT molecular complexity index is 380. The van der Waals surface area contributed by atoms with Gasteiger partial charge in [0.15, 0.2) is 11.2 Å². The van der Waals surface area contributed by atoms with Crippen molar-refractivity contribution < 1.29 is 24.8 Å². The van der Waals surface area contributed by atoms with Crippen LogP contribution in [-0.4, -0.2) is 58.0 Å². The van der Waals surface area contributed by atoms with Crippen LogP contribution in [0.3, 0.4) is 0 Å². The van der Waals surface area contributed by atoms with Crippen LogP contribution >= 0.6 is 12.2 Å². The summed E-state index contributed by atoms with van der Waals surface area (Å²) in [6.45, 7) is 1.99. The lowest BCUT2D eigenvalue weighted by atomic mass is 10.0. The van der Waals surface area contributed by atoms with Crippen molar-refractivity contribution in [3.8, 4) is 0 Å². The van der Waals surface area contributed by atoms with E-state index in [0.29, 0.717) is 11.5 Å². The molecule has 6 heteroatoms. The van der Waals surface area contributed by atoms with Crippen LogP contribution in [0.15, 0.2) is 0 Å². The fourth-order valence-electron chi connectivity index (χ4n) is 3.50. The van der Waals surface area contributed by atoms with E-state index in [1.165, 1.54) is 64.2 Å². The van der Waals surface area contributed by atoms with Crippen molar-refractivity contribution in [3.63, 3.8) is 0 Å². The molecule has 1 heterocycles. The lowest BCUT2D eigenvalue weighted by Gasteiger charge is -2.21. The van der Waals surface area contributed by atoms with E-state index in [1.807, 2.05) is 0 Å². The smallest absolute Gasteiger partial charge is 0.160 e. The predicted octanol–water partition coefficient (Wildman–Crippen LogP) is 3.90. The van der Waals surface area contributed by atoms with E-state index in [4.69, 9.17) is 26.8 Å². The predicted molar refractivity (Wildman–Crippen MR) is 112 cm³/mol. The molecule has 0 aromatic heterocycles. The van der Waals surface area contributed by atoms with Crippen molar-refractivity contribution in [3.05, 3.63) is 0 Å². The zero-order valence-electron chi connectivity index (χ0n) is 17.0. The Labute approximate surface area is 170 Å². The van der Waals surface area contributed by atoms with E-state index in [1.54, 1.807) is 0 Å². The summed E-state index contributed by atoms with van der Waals surface area (Å²) in [5, 5.41) is 29.1. The summed E-state index contributed by atoms with van der Waals surface area (Å²) in [5.74, 6) is 0. The first-order chi connectivity index (χ1) is 13.1. The SMILES string of the molecule is CCCCCCCCCCCCCCC(=S)O[C@H]1CO[C@@H]([C@H](O)CO)[C@H]1O. The summed E-state index contributed by atoms with van der Waals surface area (Å²) < 4.78 is 10.9. The van der Waals surface area contributed by atoms with E-state index in [9.17, 15) is 10.2 Å². The summed E-state index contributed by atoms with van der Waals surface area (Å²) in [5.41, 5.74) is 0. The van der Waals surface area contributed by atoms with Gasteiger partial charge in [-0.1, -0.05) is 77.6 Å². The molecule has 0 aliphatic carbocycles. The molecule has 27 heavy (non-hydrogen) atoms. The van der Waals surface area contributed by atoms with Crippen LogP contribution in [0.5, 0.6) is 0 Å². The minimum absolute atomic E-state index is 0.182. The molecule has 0 bridgehead atoms. The van der Waals surface area contributed by atoms with Gasteiger partial charge in [-0.05, 0) is 18.6 Å². The van der Waals surface area contributed by atoms with Crippen LogP contribution in [-0.2, 0) is 9.47 Å². The minimum atomic E-state index is -1.10. The van der Waals surface area contributed by atoms with Gasteiger partial charge in [0.2, 0.25) is 0 Å². The lowest BCUT2D eigenvalue weighted by molar-refractivity contribution is -0.0679. The van der Waals surface area contributed by atoms with Crippen molar-refractivity contribution in [1.82, 2.24) is 0 Å². The minimum Gasteiger partial charge on any atom is -0.479 e. The van der Waals surface area contributed by atoms with Gasteiger partial charge >= 0.3 is 0 Å². The van der Waals surface area contributed by atoms with E-state index in [2.05, 4.69) is 6.92 Å². The third-order valence-electron chi connectivity index (χ3n) is 5.25. The van der Waals surface area contributed by atoms with Gasteiger partial charge in [-0.25, -0.2) is 0 Å². The fraction of sp³-hybridized carbons (Fsp3) is 0.952. The second kappa shape index (κ2) is 15.6. The van der Waals surface area contributed by atoms with Crippen molar-refractivity contribution in [1.29, 1.82) is 0 Å². The fourth-order valence-corrected chi connectivity index (χ4v) is 3.77. The molecule has 160 valence electrons. The number of hydrogen-bond acceptors (Lipinski definition) is 6. The monoisotopic (exact) mass is 404 g/mol. The van der Waals surface area contributed by atoms with Gasteiger partial charge in [0, 0.05) is 6.42 Å². The lowest BCUT2D eigenvalue weighted by Crippen LogP contribution is -2.41. The number of rotatable bonds is 16. The van der Waals surface area contributed by atoms with Gasteiger partial charge in [0.25, 0.3) is 0 Å². The highest BCUT2D eigenvalue weighted by Crippen LogP contribution is 2.21. The Balaban J connectivity index is 1.95. The third kappa shape index (κ3) is 10.7. The molecule has 0 radical (unpaired) electrons. The number of aliphatic hydroxyl groups excluding tert-OH is 3. The van der Waals surface area contributed by atoms with Crippen molar-refractivity contribution in [2.45, 2.75) is 115 Å². The molecule has 0 aromatic rings. The van der Waals surface area contributed by atoms with Crippen LogP contribution in [0, 0.1) is 0 Å². The molecule has 1 aliphatic rings. The van der Waals surface area contributed by atoms with Crippen LogP contribution < -0.4 is 0 Å². The van der Waals surface area contributed by atoms with Gasteiger partial charge in [0.05, 0.1) is 13.2 Å². The zero-order chi connectivity index (χ0) is 19.9. The normalized spacial score (nSPS) is 23.5. The summed E-state index contributed by atoms with van der Waals surface area (Å²) in [6, 6.07) is 0. The second-order valence-corrected chi connectivity index (χ2v) is 8.16. The standard InChI is InChI=1S/C21H40O5S/c1-2-3-4-5-6-7-8-9-10-11-12-13-14-19(27)26-18-16-25-21(20(18)24)17(23)15-22/h17-18,20-24H,2-16H2,1H3/t17-,18+,20+,21+/m1/s1. The molecule has 1 aliphatic heterocycles. The first-order valence-electron chi connectivity index (χ1n) is 10.9. The Kier molecular flexibility index (Phi) is 14.3. The quantitative estimate of drug-likeness (QED) is 0.267. The second-order valence-electron chi connectivity index (χ2n) is 7.71. The maximum absolute atomic E-state index is 10.1. The van der Waals surface area contributed by atoms with E-state index >= 15 is 0 Å². The van der Waals surface area contributed by atoms with Crippen LogP contribution in [0.4, 0.5) is 0 Å². The van der Waals surface area contributed by atoms with Gasteiger partial charge in [-0.2, -0.15) is 0 Å². The average molecular weight is 405 g/mol. The highest BCUT2D eigenvalue weighted by molar-refractivity contribution is 7.80. The Hall–Kier alpha value is -0.270. The summed E-state index contributed by atoms with van der Waals surface area (Å²) in [4.78, 5) is 0. The van der Waals surface area contributed by atoms with Crippen LogP contribution in [0.1, 0.15) is 90.4 Å². The molecule has 1 saturated heterocycles. The summed E-state index contributed by atoms with van der Waals surface area (Å²) >= 11 is 5.25. The molecule has 1 fully saturated rings. The van der Waals surface area contributed by atoms with Crippen LogP contribution in [0.2, 0.25) is 0 Å². The molecule has 0 aromatic carbocycles. The summed E-state index contributed by atoms with van der Waals surface area (Å²) in [6.07, 6.45) is 12.9. The average Bonchev–Trinajstić information content (AvgIpc) is 3.02. The number of aliphatic hydroxyl groups is 3. The van der Waals surface area contributed by atoms with Gasteiger partial charge in [-0.15, -0.1) is 0 Å². The molecule has 0 saturated carbocycles. The van der Waals surface area contributed by atoms with E-state index in [-0.39, 0.29) is 6.61 Å². The van der Waals surface area contributed by atoms with Crippen LogP contribution in [0.25, 0.3) is 0 Å². The highest BCUT2D eigenvalue weighted by Gasteiger charge is 2.41. The molecule has 0 spiro atoms. The Morgan fingerprint density at radius 3 is 2.04 bits per heavy atom. The van der Waals surface area contributed by atoms with E-state index in [0.717, 1.165) is 12.8 Å². The van der Waals surface area contributed by atoms with Crippen molar-refractivity contribution in [2.75, 3.05) is 13.2 Å². The first kappa shape index (κ1) is 24.8. The molecule has 4 atom stereocenters. The summed E-state index contributed by atoms with van der Waals surface area (Å²) in [7, 11) is 0. The topological polar surface area (TPSA) is 79.2 Å². The third-order valence-corrected chi connectivity index (χ3v) is 5.55. The van der Waals surface area contributed by atoms with Gasteiger partial charge in [0.1, 0.15) is 18.3 Å². The zero-order valence-corrected chi connectivity index (χ0v) is 17.8. The van der Waals surface area contributed by atoms with Crippen molar-refractivity contribution >= 4 is 17.3 Å². The van der Waals surface area contributed by atoms with Crippen molar-refractivity contribution in [2.24, 2.45) is 0 Å². The molecular weight excluding hydrogens is 364 g/mol. The highest BCUT2D eigenvalue weighted by atomic mass is 32.1. The number of ether oxygens (including phenoxy) is 2. The molecule has 0 amide bonds.